The number of methoxy groups -OCH3 is 2. The molecule has 0 saturated heterocycles. The van der Waals surface area contributed by atoms with Gasteiger partial charge in [-0.25, -0.2) is 0 Å². The number of anilines is 2. The lowest BCUT2D eigenvalue weighted by Crippen LogP contribution is -2.16. The molecule has 0 heterocycles. The van der Waals surface area contributed by atoms with Crippen LogP contribution in [0.2, 0.25) is 0 Å². The largest absolute Gasteiger partial charge is 0.493 e. The average molecular weight is 365 g/mol. The third-order valence-corrected chi connectivity index (χ3v) is 3.96. The highest BCUT2D eigenvalue weighted by molar-refractivity contribution is 6.07. The summed E-state index contributed by atoms with van der Waals surface area (Å²) in [6.07, 6.45) is 1.37. The predicted molar refractivity (Wildman–Crippen MR) is 106 cm³/mol. The Morgan fingerprint density at radius 1 is 1.11 bits per heavy atom. The van der Waals surface area contributed by atoms with Crippen molar-refractivity contribution in [2.75, 3.05) is 24.9 Å². The van der Waals surface area contributed by atoms with Gasteiger partial charge in [-0.1, -0.05) is 32.0 Å². The van der Waals surface area contributed by atoms with Crippen molar-refractivity contribution in [3.8, 4) is 17.6 Å². The van der Waals surface area contributed by atoms with Gasteiger partial charge in [0.05, 0.1) is 14.2 Å². The minimum atomic E-state index is -0.474. The van der Waals surface area contributed by atoms with Crippen LogP contribution in [0.1, 0.15) is 25.3 Å². The maximum atomic E-state index is 12.5. The molecule has 0 atom stereocenters. The maximum absolute atomic E-state index is 12.5. The van der Waals surface area contributed by atoms with Crippen molar-refractivity contribution in [3.63, 3.8) is 0 Å². The molecule has 0 fully saturated rings. The fourth-order valence-corrected chi connectivity index (χ4v) is 2.53. The van der Waals surface area contributed by atoms with Crippen LogP contribution in [0.15, 0.2) is 54.2 Å². The molecular weight excluding hydrogens is 342 g/mol. The second kappa shape index (κ2) is 9.30. The van der Waals surface area contributed by atoms with Gasteiger partial charge in [0.15, 0.2) is 11.5 Å². The van der Waals surface area contributed by atoms with Crippen LogP contribution in [0.4, 0.5) is 11.4 Å². The second-order valence-electron chi connectivity index (χ2n) is 6.08. The van der Waals surface area contributed by atoms with Crippen molar-refractivity contribution in [1.82, 2.24) is 0 Å². The van der Waals surface area contributed by atoms with E-state index in [1.807, 2.05) is 44.2 Å². The predicted octanol–water partition coefficient (Wildman–Crippen LogP) is 4.29. The van der Waals surface area contributed by atoms with E-state index in [1.165, 1.54) is 13.3 Å². The Morgan fingerprint density at radius 2 is 1.81 bits per heavy atom. The Labute approximate surface area is 159 Å². The van der Waals surface area contributed by atoms with Crippen LogP contribution in [-0.2, 0) is 4.79 Å². The zero-order chi connectivity index (χ0) is 19.8. The number of hydrogen-bond donors (Lipinski definition) is 2. The topological polar surface area (TPSA) is 83.4 Å². The van der Waals surface area contributed by atoms with Gasteiger partial charge in [-0.2, -0.15) is 5.26 Å². The number of carbonyl (C=O) groups is 1. The lowest BCUT2D eigenvalue weighted by Gasteiger charge is -2.13. The van der Waals surface area contributed by atoms with Crippen LogP contribution in [0.3, 0.4) is 0 Å². The number of hydrogen-bond acceptors (Lipinski definition) is 5. The van der Waals surface area contributed by atoms with E-state index in [-0.39, 0.29) is 11.5 Å². The lowest BCUT2D eigenvalue weighted by atomic mass is 10.0. The first kappa shape index (κ1) is 19.9. The number of ether oxygens (including phenoxy) is 2. The number of nitrogens with one attached hydrogen (secondary N) is 2. The number of nitriles is 1. The molecule has 0 aliphatic heterocycles. The monoisotopic (exact) mass is 365 g/mol. The van der Waals surface area contributed by atoms with Crippen LogP contribution in [-0.4, -0.2) is 20.1 Å². The van der Waals surface area contributed by atoms with Crippen molar-refractivity contribution in [2.45, 2.75) is 19.8 Å². The van der Waals surface area contributed by atoms with E-state index >= 15 is 0 Å². The quantitative estimate of drug-likeness (QED) is 0.565. The summed E-state index contributed by atoms with van der Waals surface area (Å²) in [7, 11) is 3.09. The van der Waals surface area contributed by atoms with Gasteiger partial charge in [0.25, 0.3) is 5.91 Å². The number of nitrogens with zero attached hydrogens (tertiary/aromatic N) is 1. The third-order valence-electron chi connectivity index (χ3n) is 3.96. The van der Waals surface area contributed by atoms with Crippen molar-refractivity contribution in [3.05, 3.63) is 59.8 Å². The molecule has 140 valence electrons. The van der Waals surface area contributed by atoms with E-state index in [4.69, 9.17) is 9.47 Å². The van der Waals surface area contributed by atoms with Gasteiger partial charge in [0, 0.05) is 23.6 Å². The van der Waals surface area contributed by atoms with Gasteiger partial charge < -0.3 is 20.1 Å². The highest BCUT2D eigenvalue weighted by atomic mass is 16.5. The molecule has 6 nitrogen and oxygen atoms in total. The Balaban J connectivity index is 2.17. The van der Waals surface area contributed by atoms with Crippen molar-refractivity contribution >= 4 is 17.3 Å². The van der Waals surface area contributed by atoms with Crippen LogP contribution in [0.25, 0.3) is 0 Å². The van der Waals surface area contributed by atoms with Crippen LogP contribution in [0.5, 0.6) is 11.5 Å². The Kier molecular flexibility index (Phi) is 6.84. The zero-order valence-corrected chi connectivity index (χ0v) is 15.9. The van der Waals surface area contributed by atoms with Gasteiger partial charge >= 0.3 is 0 Å². The molecule has 0 spiro atoms. The van der Waals surface area contributed by atoms with Crippen LogP contribution < -0.4 is 20.1 Å². The molecule has 2 aromatic rings. The minimum absolute atomic E-state index is 0.0386. The standard InChI is InChI=1S/C21H23N3O3/c1-14(2)17-7-5-6-8-18(17)24-21(25)15(12-22)13-23-16-9-10-19(26-3)20(11-16)27-4/h5-11,13-14,23H,1-4H3,(H,24,25)/b15-13-. The van der Waals surface area contributed by atoms with E-state index < -0.39 is 5.91 Å². The fourth-order valence-electron chi connectivity index (χ4n) is 2.53. The third kappa shape index (κ3) is 5.02. The normalized spacial score (nSPS) is 10.9. The summed E-state index contributed by atoms with van der Waals surface area (Å²) in [6, 6.07) is 14.7. The van der Waals surface area contributed by atoms with Crippen LogP contribution in [0, 0.1) is 11.3 Å². The molecule has 1 amide bonds. The van der Waals surface area contributed by atoms with Crippen molar-refractivity contribution in [2.24, 2.45) is 0 Å². The van der Waals surface area contributed by atoms with Gasteiger partial charge in [-0.15, -0.1) is 0 Å². The molecule has 27 heavy (non-hydrogen) atoms. The van der Waals surface area contributed by atoms with Gasteiger partial charge in [-0.3, -0.25) is 4.79 Å². The number of benzene rings is 2. The summed E-state index contributed by atoms with van der Waals surface area (Å²) in [5.74, 6) is 0.916. The molecule has 0 aliphatic carbocycles. The van der Waals surface area contributed by atoms with Gasteiger partial charge in [-0.05, 0) is 29.7 Å². The molecule has 6 heteroatoms. The smallest absolute Gasteiger partial charge is 0.267 e. The molecule has 2 N–H and O–H groups in total. The lowest BCUT2D eigenvalue weighted by molar-refractivity contribution is -0.112. The van der Waals surface area contributed by atoms with Gasteiger partial charge in [0.2, 0.25) is 0 Å². The highest BCUT2D eigenvalue weighted by Gasteiger charge is 2.13. The number of amides is 1. The van der Waals surface area contributed by atoms with E-state index in [0.29, 0.717) is 22.9 Å². The Morgan fingerprint density at radius 3 is 2.44 bits per heavy atom. The van der Waals surface area contributed by atoms with Crippen molar-refractivity contribution < 1.29 is 14.3 Å². The number of rotatable bonds is 7. The van der Waals surface area contributed by atoms with E-state index in [9.17, 15) is 10.1 Å². The SMILES string of the molecule is COc1ccc(N/C=C(/C#N)C(=O)Nc2ccccc2C(C)C)cc1OC. The molecule has 0 unspecified atom stereocenters. The summed E-state index contributed by atoms with van der Waals surface area (Å²) in [4.78, 5) is 12.5. The van der Waals surface area contributed by atoms with Gasteiger partial charge in [0.1, 0.15) is 11.6 Å². The first-order valence-electron chi connectivity index (χ1n) is 8.49. The molecule has 0 radical (unpaired) electrons. The molecule has 2 aromatic carbocycles. The average Bonchev–Trinajstić information content (AvgIpc) is 2.68. The first-order chi connectivity index (χ1) is 13.0. The highest BCUT2D eigenvalue weighted by Crippen LogP contribution is 2.30. The van der Waals surface area contributed by atoms with E-state index in [1.54, 1.807) is 25.3 Å². The number of carbonyl (C=O) groups excluding carboxylic acids is 1. The second-order valence-corrected chi connectivity index (χ2v) is 6.08. The molecule has 0 bridgehead atoms. The summed E-state index contributed by atoms with van der Waals surface area (Å²) in [5.41, 5.74) is 2.33. The summed E-state index contributed by atoms with van der Waals surface area (Å²) in [5, 5.41) is 15.1. The van der Waals surface area contributed by atoms with E-state index in [2.05, 4.69) is 10.6 Å². The summed E-state index contributed by atoms with van der Waals surface area (Å²) < 4.78 is 10.4. The van der Waals surface area contributed by atoms with Crippen LogP contribution >= 0.6 is 0 Å². The number of para-hydroxylation sites is 1. The Hall–Kier alpha value is -3.46. The first-order valence-corrected chi connectivity index (χ1v) is 8.49. The molecule has 0 aromatic heterocycles. The molecule has 2 rings (SSSR count). The molecule has 0 aliphatic rings. The zero-order valence-electron chi connectivity index (χ0n) is 15.9. The minimum Gasteiger partial charge on any atom is -0.493 e. The fraction of sp³-hybridized carbons (Fsp3) is 0.238. The summed E-state index contributed by atoms with van der Waals surface area (Å²) in [6.45, 7) is 4.09. The molecule has 0 saturated carbocycles. The van der Waals surface area contributed by atoms with E-state index in [0.717, 1.165) is 5.56 Å². The summed E-state index contributed by atoms with van der Waals surface area (Å²) >= 11 is 0. The van der Waals surface area contributed by atoms with Crippen molar-refractivity contribution in [1.29, 1.82) is 5.26 Å². The molecular formula is C21H23N3O3. The maximum Gasteiger partial charge on any atom is 0.267 e. The Bertz CT molecular complexity index is 882.